The van der Waals surface area contributed by atoms with Crippen LogP contribution in [-0.4, -0.2) is 31.2 Å². The zero-order valence-corrected chi connectivity index (χ0v) is 14.3. The van der Waals surface area contributed by atoms with Gasteiger partial charge in [-0.1, -0.05) is 17.3 Å². The van der Waals surface area contributed by atoms with E-state index in [2.05, 4.69) is 36.0 Å². The van der Waals surface area contributed by atoms with Gasteiger partial charge in [-0.05, 0) is 17.5 Å². The van der Waals surface area contributed by atoms with Gasteiger partial charge in [0.15, 0.2) is 0 Å². The molecule has 134 valence electrons. The summed E-state index contributed by atoms with van der Waals surface area (Å²) in [6.07, 6.45) is 7.71. The molecule has 0 aliphatic rings. The Kier molecular flexibility index (Phi) is 4.32. The molecule has 3 N–H and O–H groups in total. The van der Waals surface area contributed by atoms with Crippen LogP contribution in [0.5, 0.6) is 0 Å². The largest absolute Gasteiger partial charge is 0.346 e. The highest BCUT2D eigenvalue weighted by Gasteiger charge is 2.09. The monoisotopic (exact) mass is 361 g/mol. The van der Waals surface area contributed by atoms with Crippen molar-refractivity contribution in [2.24, 2.45) is 0 Å². The van der Waals surface area contributed by atoms with Crippen LogP contribution in [0.1, 0.15) is 5.89 Å². The number of nitrogens with zero attached hydrogens (tertiary/aromatic N) is 4. The van der Waals surface area contributed by atoms with E-state index < -0.39 is 0 Å². The molecule has 0 radical (unpaired) electrons. The summed E-state index contributed by atoms with van der Waals surface area (Å²) in [6.45, 7) is 1.74. The first kappa shape index (κ1) is 16.5. The summed E-state index contributed by atoms with van der Waals surface area (Å²) in [5.41, 5.74) is 1.41. The topological polar surface area (TPSA) is 122 Å². The summed E-state index contributed by atoms with van der Waals surface area (Å²) in [4.78, 5) is 20.5. The fourth-order valence-electron chi connectivity index (χ4n) is 2.54. The highest BCUT2D eigenvalue weighted by Crippen LogP contribution is 2.26. The van der Waals surface area contributed by atoms with Gasteiger partial charge in [-0.3, -0.25) is 9.89 Å². The Hall–Kier alpha value is -4.01. The normalized spacial score (nSPS) is 11.1. The van der Waals surface area contributed by atoms with Crippen molar-refractivity contribution in [3.05, 3.63) is 61.0 Å². The Labute approximate surface area is 153 Å². The molecule has 0 fully saturated rings. The first-order valence-electron chi connectivity index (χ1n) is 8.11. The molecule has 9 heteroatoms. The van der Waals surface area contributed by atoms with E-state index in [1.54, 1.807) is 19.3 Å². The molecule has 0 spiro atoms. The van der Waals surface area contributed by atoms with Crippen LogP contribution >= 0.6 is 0 Å². The summed E-state index contributed by atoms with van der Waals surface area (Å²) in [6, 6.07) is 7.71. The highest BCUT2D eigenvalue weighted by molar-refractivity contribution is 5.99. The lowest BCUT2D eigenvalue weighted by molar-refractivity contribution is -0.111. The maximum absolute atomic E-state index is 11.9. The lowest BCUT2D eigenvalue weighted by atomic mass is 10.1. The van der Waals surface area contributed by atoms with Gasteiger partial charge in [0.05, 0.1) is 11.9 Å². The molecule has 0 unspecified atom stereocenters. The van der Waals surface area contributed by atoms with E-state index in [0.717, 1.165) is 16.3 Å². The lowest BCUT2D eigenvalue weighted by Gasteiger charge is -2.06. The Morgan fingerprint density at radius 3 is 3.00 bits per heavy atom. The quantitative estimate of drug-likeness (QED) is 0.467. The molecule has 3 heterocycles. The van der Waals surface area contributed by atoms with Gasteiger partial charge in [0.1, 0.15) is 5.82 Å². The van der Waals surface area contributed by atoms with Crippen molar-refractivity contribution in [2.75, 3.05) is 10.6 Å². The van der Waals surface area contributed by atoms with E-state index in [1.165, 1.54) is 18.5 Å². The van der Waals surface area contributed by atoms with Crippen LogP contribution in [0.15, 0.2) is 59.7 Å². The Morgan fingerprint density at radius 2 is 2.22 bits per heavy atom. The third-order valence-electron chi connectivity index (χ3n) is 3.77. The van der Waals surface area contributed by atoms with Gasteiger partial charge in [0.25, 0.3) is 0 Å². The van der Waals surface area contributed by atoms with Gasteiger partial charge < -0.3 is 15.2 Å². The van der Waals surface area contributed by atoms with Crippen LogP contribution in [0, 0.1) is 6.92 Å². The first-order chi connectivity index (χ1) is 13.2. The number of H-pyrrole nitrogens is 1. The summed E-state index contributed by atoms with van der Waals surface area (Å²) in [7, 11) is 0. The van der Waals surface area contributed by atoms with Crippen LogP contribution < -0.4 is 10.6 Å². The Bertz CT molecular complexity index is 1120. The number of nitrogens with one attached hydrogen (secondary N) is 3. The van der Waals surface area contributed by atoms with E-state index in [1.807, 2.05) is 24.3 Å². The molecule has 0 bridgehead atoms. The molecule has 9 nitrogen and oxygen atoms in total. The Balaban J connectivity index is 1.55. The number of hydrogen-bond donors (Lipinski definition) is 3. The second-order valence-electron chi connectivity index (χ2n) is 5.69. The molecular formula is C18H15N7O2. The number of carbonyl (C=O) groups is 1. The van der Waals surface area contributed by atoms with Crippen molar-refractivity contribution in [1.29, 1.82) is 0 Å². The first-order valence-corrected chi connectivity index (χ1v) is 8.11. The molecule has 1 aromatic carbocycles. The minimum absolute atomic E-state index is 0.285. The maximum Gasteiger partial charge on any atom is 0.249 e. The Morgan fingerprint density at radius 1 is 1.30 bits per heavy atom. The predicted molar refractivity (Wildman–Crippen MR) is 99.8 cm³/mol. The molecule has 1 amide bonds. The van der Waals surface area contributed by atoms with E-state index in [9.17, 15) is 4.79 Å². The van der Waals surface area contributed by atoms with E-state index in [-0.39, 0.29) is 5.91 Å². The molecule has 4 rings (SSSR count). The number of carbonyl (C=O) groups excluding carboxylic acids is 1. The number of aryl methyl sites for hydroxylation is 1. The summed E-state index contributed by atoms with van der Waals surface area (Å²) in [5.74, 6) is 1.34. The number of hydrogen-bond acceptors (Lipinski definition) is 7. The number of aromatic nitrogens is 5. The summed E-state index contributed by atoms with van der Waals surface area (Å²) in [5, 5.41) is 17.9. The third-order valence-corrected chi connectivity index (χ3v) is 3.77. The fourth-order valence-corrected chi connectivity index (χ4v) is 2.54. The number of amides is 1. The molecule has 4 aromatic rings. The van der Waals surface area contributed by atoms with Gasteiger partial charge >= 0.3 is 0 Å². The van der Waals surface area contributed by atoms with Crippen LogP contribution in [0.3, 0.4) is 0 Å². The number of anilines is 2. The SMILES string of the molecule is Cc1nc(-c2ccc3ccnc(NC=CC(=O)Nc4cn[nH]c4)c3c2)no1. The molecule has 0 saturated carbocycles. The average Bonchev–Trinajstić information content (AvgIpc) is 3.33. The molecular weight excluding hydrogens is 346 g/mol. The minimum atomic E-state index is -0.285. The zero-order chi connectivity index (χ0) is 18.6. The average molecular weight is 361 g/mol. The molecule has 0 aliphatic heterocycles. The van der Waals surface area contributed by atoms with Crippen LogP contribution in [0.25, 0.3) is 22.2 Å². The standard InChI is InChI=1S/C18H15N7O2/c1-11-23-17(25-27-11)13-3-2-12-4-6-19-18(15(12)8-13)20-7-5-16(26)24-14-9-21-22-10-14/h2-10H,1H3,(H,19,20)(H,21,22)(H,24,26). The summed E-state index contributed by atoms with van der Waals surface area (Å²) >= 11 is 0. The van der Waals surface area contributed by atoms with Crippen molar-refractivity contribution in [1.82, 2.24) is 25.3 Å². The molecule has 3 aromatic heterocycles. The van der Waals surface area contributed by atoms with Gasteiger partial charge in [0.2, 0.25) is 17.6 Å². The van der Waals surface area contributed by atoms with Gasteiger partial charge in [-0.25, -0.2) is 4.98 Å². The molecule has 27 heavy (non-hydrogen) atoms. The number of pyridine rings is 1. The second-order valence-corrected chi connectivity index (χ2v) is 5.69. The van der Waals surface area contributed by atoms with Crippen molar-refractivity contribution >= 4 is 28.2 Å². The van der Waals surface area contributed by atoms with E-state index in [0.29, 0.717) is 23.2 Å². The lowest BCUT2D eigenvalue weighted by Crippen LogP contribution is -2.07. The number of fused-ring (bicyclic) bond motifs is 1. The van der Waals surface area contributed by atoms with Crippen molar-refractivity contribution in [2.45, 2.75) is 6.92 Å². The number of aromatic amines is 1. The van der Waals surface area contributed by atoms with Crippen molar-refractivity contribution < 1.29 is 9.32 Å². The molecule has 0 atom stereocenters. The predicted octanol–water partition coefficient (Wildman–Crippen LogP) is 2.88. The van der Waals surface area contributed by atoms with Gasteiger partial charge in [0, 0.05) is 42.5 Å². The second kappa shape index (κ2) is 7.08. The zero-order valence-electron chi connectivity index (χ0n) is 14.3. The molecule has 0 saturated heterocycles. The smallest absolute Gasteiger partial charge is 0.249 e. The highest BCUT2D eigenvalue weighted by atomic mass is 16.5. The summed E-state index contributed by atoms with van der Waals surface area (Å²) < 4.78 is 5.04. The van der Waals surface area contributed by atoms with Crippen molar-refractivity contribution in [3.63, 3.8) is 0 Å². The van der Waals surface area contributed by atoms with Gasteiger partial charge in [-0.2, -0.15) is 10.1 Å². The fraction of sp³-hybridized carbons (Fsp3) is 0.0556. The van der Waals surface area contributed by atoms with Gasteiger partial charge in [-0.15, -0.1) is 0 Å². The number of benzene rings is 1. The van der Waals surface area contributed by atoms with Crippen LogP contribution in [0.2, 0.25) is 0 Å². The van der Waals surface area contributed by atoms with Crippen LogP contribution in [0.4, 0.5) is 11.5 Å². The van der Waals surface area contributed by atoms with E-state index >= 15 is 0 Å². The number of rotatable bonds is 5. The van der Waals surface area contributed by atoms with Crippen LogP contribution in [-0.2, 0) is 4.79 Å². The van der Waals surface area contributed by atoms with Crippen molar-refractivity contribution in [3.8, 4) is 11.4 Å². The maximum atomic E-state index is 11.9. The third kappa shape index (κ3) is 3.66. The van der Waals surface area contributed by atoms with E-state index in [4.69, 9.17) is 4.52 Å². The minimum Gasteiger partial charge on any atom is -0.346 e. The molecule has 0 aliphatic carbocycles.